The van der Waals surface area contributed by atoms with E-state index in [1.807, 2.05) is 4.90 Å². The third-order valence-electron chi connectivity index (χ3n) is 5.52. The van der Waals surface area contributed by atoms with Crippen LogP contribution in [0.5, 0.6) is 0 Å². The third kappa shape index (κ3) is 4.24. The zero-order valence-corrected chi connectivity index (χ0v) is 16.0. The second kappa shape index (κ2) is 8.19. The second-order valence-electron chi connectivity index (χ2n) is 7.38. The van der Waals surface area contributed by atoms with Crippen molar-refractivity contribution in [2.24, 2.45) is 5.92 Å². The van der Waals surface area contributed by atoms with Gasteiger partial charge in [0, 0.05) is 38.9 Å². The van der Waals surface area contributed by atoms with E-state index < -0.39 is 11.7 Å². The van der Waals surface area contributed by atoms with Crippen molar-refractivity contribution in [3.63, 3.8) is 0 Å². The van der Waals surface area contributed by atoms with E-state index in [9.17, 15) is 22.4 Å². The molecule has 2 unspecified atom stereocenters. The molecule has 0 saturated carbocycles. The Hall–Kier alpha value is -2.72. The molecule has 2 fully saturated rings. The van der Waals surface area contributed by atoms with Crippen LogP contribution < -0.4 is 15.8 Å². The van der Waals surface area contributed by atoms with Crippen LogP contribution in [0, 0.1) is 11.7 Å². The lowest BCUT2D eigenvalue weighted by Gasteiger charge is -2.37. The number of hydrogen-bond acceptors (Lipinski definition) is 5. The molecular formula is C20H21F4N5O. The zero-order valence-electron chi connectivity index (χ0n) is 16.0. The summed E-state index contributed by atoms with van der Waals surface area (Å²) in [5, 5.41) is 0. The first-order valence-corrected chi connectivity index (χ1v) is 9.64. The topological polar surface area (TPSA) is 60.5 Å². The first kappa shape index (κ1) is 20.5. The highest BCUT2D eigenvalue weighted by atomic mass is 19.4. The number of halogens is 4. The molecule has 1 aromatic carbocycles. The molecule has 2 N–H and O–H groups in total. The molecule has 1 aromatic heterocycles. The van der Waals surface area contributed by atoms with Crippen molar-refractivity contribution in [1.82, 2.24) is 20.7 Å². The van der Waals surface area contributed by atoms with Crippen molar-refractivity contribution in [1.29, 1.82) is 0 Å². The fourth-order valence-electron chi connectivity index (χ4n) is 3.84. The van der Waals surface area contributed by atoms with E-state index in [1.54, 1.807) is 17.0 Å². The summed E-state index contributed by atoms with van der Waals surface area (Å²) in [5.74, 6) is -0.211. The number of alkyl halides is 3. The number of nitrogens with zero attached hydrogens (tertiary/aromatic N) is 3. The van der Waals surface area contributed by atoms with Crippen molar-refractivity contribution >= 4 is 11.7 Å². The molecule has 0 aliphatic carbocycles. The number of aromatic nitrogens is 1. The molecule has 4 rings (SSSR count). The molecule has 30 heavy (non-hydrogen) atoms. The van der Waals surface area contributed by atoms with Crippen LogP contribution in [-0.2, 0) is 11.0 Å². The maximum atomic E-state index is 13.2. The lowest BCUT2D eigenvalue weighted by molar-refractivity contribution is -0.138. The molecule has 2 saturated heterocycles. The van der Waals surface area contributed by atoms with Crippen LogP contribution in [0.15, 0.2) is 42.6 Å². The molecule has 1 amide bonds. The lowest BCUT2D eigenvalue weighted by atomic mass is 9.93. The van der Waals surface area contributed by atoms with Crippen LogP contribution in [0.3, 0.4) is 0 Å². The molecule has 2 atom stereocenters. The Kier molecular flexibility index (Phi) is 5.61. The van der Waals surface area contributed by atoms with Gasteiger partial charge >= 0.3 is 6.18 Å². The smallest absolute Gasteiger partial charge is 0.353 e. The highest BCUT2D eigenvalue weighted by Crippen LogP contribution is 2.30. The van der Waals surface area contributed by atoms with Crippen LogP contribution >= 0.6 is 0 Å². The number of rotatable bonds is 3. The summed E-state index contributed by atoms with van der Waals surface area (Å²) < 4.78 is 51.3. The highest BCUT2D eigenvalue weighted by molar-refractivity contribution is 5.80. The summed E-state index contributed by atoms with van der Waals surface area (Å²) in [6.07, 6.45) is -3.59. The molecule has 0 spiro atoms. The van der Waals surface area contributed by atoms with E-state index >= 15 is 0 Å². The number of carbonyl (C=O) groups excluding carboxylic acids is 1. The van der Waals surface area contributed by atoms with Gasteiger partial charge in [0.1, 0.15) is 11.6 Å². The highest BCUT2D eigenvalue weighted by Gasteiger charge is 2.37. The van der Waals surface area contributed by atoms with E-state index in [-0.39, 0.29) is 23.7 Å². The summed E-state index contributed by atoms with van der Waals surface area (Å²) >= 11 is 0. The summed E-state index contributed by atoms with van der Waals surface area (Å²) in [7, 11) is 0. The number of amides is 1. The van der Waals surface area contributed by atoms with Gasteiger partial charge in [0.2, 0.25) is 5.91 Å². The summed E-state index contributed by atoms with van der Waals surface area (Å²) in [6, 6.07) is 8.17. The zero-order chi connectivity index (χ0) is 21.3. The molecule has 3 heterocycles. The van der Waals surface area contributed by atoms with E-state index in [2.05, 4.69) is 15.8 Å². The van der Waals surface area contributed by atoms with E-state index in [1.165, 1.54) is 18.2 Å². The molecule has 160 valence electrons. The molecule has 6 nitrogen and oxygen atoms in total. The van der Waals surface area contributed by atoms with Gasteiger partial charge in [0.25, 0.3) is 0 Å². The van der Waals surface area contributed by atoms with Crippen LogP contribution in [0.25, 0.3) is 0 Å². The largest absolute Gasteiger partial charge is 0.417 e. The van der Waals surface area contributed by atoms with Crippen molar-refractivity contribution < 1.29 is 22.4 Å². The number of pyridine rings is 1. The standard InChI is InChI=1S/C20H21F4N5O/c21-15-4-1-13(2-5-15)18-16(12-26-27-18)19(30)29-9-7-28(8-10-29)17-6-3-14(11-25-17)20(22,23)24/h1-6,11,16,18,26-27H,7-10,12H2. The molecule has 0 radical (unpaired) electrons. The average molecular weight is 423 g/mol. The van der Waals surface area contributed by atoms with Crippen LogP contribution in [-0.4, -0.2) is 48.5 Å². The second-order valence-corrected chi connectivity index (χ2v) is 7.38. The van der Waals surface area contributed by atoms with Crippen LogP contribution in [0.2, 0.25) is 0 Å². The van der Waals surface area contributed by atoms with E-state index in [4.69, 9.17) is 0 Å². The predicted molar refractivity (Wildman–Crippen MR) is 102 cm³/mol. The number of piperazine rings is 1. The Labute approximate surface area is 170 Å². The quantitative estimate of drug-likeness (QED) is 0.743. The van der Waals surface area contributed by atoms with E-state index in [0.29, 0.717) is 38.5 Å². The number of carbonyl (C=O) groups is 1. The normalized spacial score (nSPS) is 22.4. The minimum Gasteiger partial charge on any atom is -0.353 e. The number of benzene rings is 1. The monoisotopic (exact) mass is 423 g/mol. The van der Waals surface area contributed by atoms with Gasteiger partial charge in [-0.05, 0) is 29.8 Å². The summed E-state index contributed by atoms with van der Waals surface area (Å²) in [5.41, 5.74) is 6.13. The number of hydrazine groups is 1. The van der Waals surface area contributed by atoms with Crippen molar-refractivity contribution in [2.45, 2.75) is 12.2 Å². The van der Waals surface area contributed by atoms with Gasteiger partial charge in [-0.25, -0.2) is 14.8 Å². The van der Waals surface area contributed by atoms with Gasteiger partial charge in [0.05, 0.1) is 17.5 Å². The maximum absolute atomic E-state index is 13.2. The molecule has 2 aliphatic heterocycles. The first-order chi connectivity index (χ1) is 14.3. The van der Waals surface area contributed by atoms with Gasteiger partial charge in [-0.15, -0.1) is 0 Å². The van der Waals surface area contributed by atoms with Crippen molar-refractivity contribution in [2.75, 3.05) is 37.6 Å². The molecule has 10 heteroatoms. The number of hydrogen-bond donors (Lipinski definition) is 2. The molecule has 2 aromatic rings. The first-order valence-electron chi connectivity index (χ1n) is 9.64. The summed E-state index contributed by atoms with van der Waals surface area (Å²) in [4.78, 5) is 20.6. The number of anilines is 1. The average Bonchev–Trinajstić information content (AvgIpc) is 3.23. The van der Waals surface area contributed by atoms with Crippen LogP contribution in [0.4, 0.5) is 23.4 Å². The van der Waals surface area contributed by atoms with Gasteiger partial charge in [-0.1, -0.05) is 12.1 Å². The van der Waals surface area contributed by atoms with Crippen molar-refractivity contribution in [3.8, 4) is 0 Å². The van der Waals surface area contributed by atoms with E-state index in [0.717, 1.165) is 17.8 Å². The molecular weight excluding hydrogens is 402 g/mol. The SMILES string of the molecule is O=C(C1CNNC1c1ccc(F)cc1)N1CCN(c2ccc(C(F)(F)F)cn2)CC1. The Bertz CT molecular complexity index is 880. The minimum absolute atomic E-state index is 0.0122. The molecule has 0 bridgehead atoms. The Balaban J connectivity index is 1.37. The number of nitrogens with one attached hydrogen (secondary N) is 2. The third-order valence-corrected chi connectivity index (χ3v) is 5.52. The summed E-state index contributed by atoms with van der Waals surface area (Å²) in [6.45, 7) is 2.34. The Morgan fingerprint density at radius 2 is 1.73 bits per heavy atom. The van der Waals surface area contributed by atoms with Crippen molar-refractivity contribution in [3.05, 3.63) is 59.5 Å². The fraction of sp³-hybridized carbons (Fsp3) is 0.400. The maximum Gasteiger partial charge on any atom is 0.417 e. The molecule has 2 aliphatic rings. The van der Waals surface area contributed by atoms with Gasteiger partial charge in [-0.2, -0.15) is 13.2 Å². The Morgan fingerprint density at radius 3 is 2.33 bits per heavy atom. The van der Waals surface area contributed by atoms with Crippen LogP contribution in [0.1, 0.15) is 17.2 Å². The van der Waals surface area contributed by atoms with Gasteiger partial charge in [-0.3, -0.25) is 10.2 Å². The van der Waals surface area contributed by atoms with Gasteiger partial charge < -0.3 is 9.80 Å². The fourth-order valence-corrected chi connectivity index (χ4v) is 3.84. The van der Waals surface area contributed by atoms with Gasteiger partial charge in [0.15, 0.2) is 0 Å². The predicted octanol–water partition coefficient (Wildman–Crippen LogP) is 2.35. The minimum atomic E-state index is -4.42. The Morgan fingerprint density at radius 1 is 1.03 bits per heavy atom. The lowest BCUT2D eigenvalue weighted by Crippen LogP contribution is -2.51.